The van der Waals surface area contributed by atoms with Gasteiger partial charge in [0.1, 0.15) is 5.75 Å². The van der Waals surface area contributed by atoms with Crippen molar-refractivity contribution in [2.75, 3.05) is 6.61 Å². The molecular formula is C15H24ClNO. The van der Waals surface area contributed by atoms with E-state index in [-0.39, 0.29) is 5.54 Å². The standard InChI is InChI=1S/C15H24ClNO/c1-5-6-9-18-14-8-7-12(10-13(14)16)11-17-15(2,3)4/h7-8,10,17H,5-6,9,11H2,1-4H3. The van der Waals surface area contributed by atoms with E-state index in [1.54, 1.807) is 0 Å². The van der Waals surface area contributed by atoms with Crippen LogP contribution in [0.4, 0.5) is 0 Å². The minimum Gasteiger partial charge on any atom is -0.492 e. The van der Waals surface area contributed by atoms with Crippen LogP contribution in [0.3, 0.4) is 0 Å². The van der Waals surface area contributed by atoms with E-state index < -0.39 is 0 Å². The molecule has 0 fully saturated rings. The number of benzene rings is 1. The van der Waals surface area contributed by atoms with E-state index in [0.717, 1.165) is 31.7 Å². The highest BCUT2D eigenvalue weighted by Crippen LogP contribution is 2.25. The molecule has 1 N–H and O–H groups in total. The molecule has 18 heavy (non-hydrogen) atoms. The second kappa shape index (κ2) is 7.01. The van der Waals surface area contributed by atoms with Crippen LogP contribution in [0.15, 0.2) is 18.2 Å². The van der Waals surface area contributed by atoms with Crippen LogP contribution in [-0.4, -0.2) is 12.1 Å². The molecule has 0 atom stereocenters. The molecule has 0 aromatic heterocycles. The maximum absolute atomic E-state index is 6.21. The molecule has 0 saturated carbocycles. The SMILES string of the molecule is CCCCOc1ccc(CNC(C)(C)C)cc1Cl. The summed E-state index contributed by atoms with van der Waals surface area (Å²) in [7, 11) is 0. The van der Waals surface area contributed by atoms with Crippen molar-refractivity contribution in [3.63, 3.8) is 0 Å². The van der Waals surface area contributed by atoms with Crippen molar-refractivity contribution in [2.24, 2.45) is 0 Å². The van der Waals surface area contributed by atoms with E-state index >= 15 is 0 Å². The Morgan fingerprint density at radius 2 is 2.00 bits per heavy atom. The molecule has 0 aliphatic rings. The first-order valence-corrected chi connectivity index (χ1v) is 6.96. The van der Waals surface area contributed by atoms with Gasteiger partial charge in [-0.3, -0.25) is 0 Å². The summed E-state index contributed by atoms with van der Waals surface area (Å²) in [5.74, 6) is 0.782. The van der Waals surface area contributed by atoms with Crippen LogP contribution >= 0.6 is 11.6 Å². The molecule has 102 valence electrons. The van der Waals surface area contributed by atoms with Gasteiger partial charge in [-0.05, 0) is 44.9 Å². The van der Waals surface area contributed by atoms with E-state index in [1.165, 1.54) is 5.56 Å². The lowest BCUT2D eigenvalue weighted by molar-refractivity contribution is 0.309. The third kappa shape index (κ3) is 5.74. The number of rotatable bonds is 6. The van der Waals surface area contributed by atoms with Crippen LogP contribution in [0.5, 0.6) is 5.75 Å². The number of halogens is 1. The molecule has 0 spiro atoms. The Labute approximate surface area is 116 Å². The zero-order chi connectivity index (χ0) is 13.6. The summed E-state index contributed by atoms with van der Waals surface area (Å²) in [6.45, 7) is 10.1. The van der Waals surface area contributed by atoms with E-state index in [0.29, 0.717) is 5.02 Å². The minimum atomic E-state index is 0.114. The van der Waals surface area contributed by atoms with Crippen LogP contribution in [0, 0.1) is 0 Å². The summed E-state index contributed by atoms with van der Waals surface area (Å²) in [5, 5.41) is 4.13. The Balaban J connectivity index is 2.56. The fraction of sp³-hybridized carbons (Fsp3) is 0.600. The van der Waals surface area contributed by atoms with Gasteiger partial charge < -0.3 is 10.1 Å². The Bertz CT molecular complexity index is 371. The largest absolute Gasteiger partial charge is 0.492 e. The molecular weight excluding hydrogens is 246 g/mol. The zero-order valence-corrected chi connectivity index (χ0v) is 12.6. The van der Waals surface area contributed by atoms with Crippen molar-refractivity contribution in [3.8, 4) is 5.75 Å². The van der Waals surface area contributed by atoms with E-state index in [9.17, 15) is 0 Å². The van der Waals surface area contributed by atoms with Gasteiger partial charge >= 0.3 is 0 Å². The van der Waals surface area contributed by atoms with Crippen molar-refractivity contribution < 1.29 is 4.74 Å². The first kappa shape index (κ1) is 15.3. The molecule has 0 aliphatic carbocycles. The zero-order valence-electron chi connectivity index (χ0n) is 11.8. The lowest BCUT2D eigenvalue weighted by Gasteiger charge is -2.20. The number of ether oxygens (including phenoxy) is 1. The van der Waals surface area contributed by atoms with Gasteiger partial charge in [-0.15, -0.1) is 0 Å². The van der Waals surface area contributed by atoms with Gasteiger partial charge in [0, 0.05) is 12.1 Å². The lowest BCUT2D eigenvalue weighted by atomic mass is 10.1. The average molecular weight is 270 g/mol. The molecule has 1 aromatic rings. The first-order chi connectivity index (χ1) is 8.42. The fourth-order valence-electron chi connectivity index (χ4n) is 1.47. The lowest BCUT2D eigenvalue weighted by Crippen LogP contribution is -2.35. The van der Waals surface area contributed by atoms with Gasteiger partial charge in [-0.2, -0.15) is 0 Å². The van der Waals surface area contributed by atoms with Crippen LogP contribution in [0.1, 0.15) is 46.1 Å². The monoisotopic (exact) mass is 269 g/mol. The molecule has 0 heterocycles. The van der Waals surface area contributed by atoms with Gasteiger partial charge in [0.25, 0.3) is 0 Å². The highest BCUT2D eigenvalue weighted by molar-refractivity contribution is 6.32. The molecule has 2 nitrogen and oxygen atoms in total. The molecule has 0 unspecified atom stereocenters. The second-order valence-corrected chi connectivity index (χ2v) is 5.98. The van der Waals surface area contributed by atoms with Gasteiger partial charge in [0.2, 0.25) is 0 Å². The highest BCUT2D eigenvalue weighted by atomic mass is 35.5. The summed E-state index contributed by atoms with van der Waals surface area (Å²) < 4.78 is 5.63. The van der Waals surface area contributed by atoms with Crippen molar-refractivity contribution in [2.45, 2.75) is 52.6 Å². The van der Waals surface area contributed by atoms with Gasteiger partial charge in [0.05, 0.1) is 11.6 Å². The highest BCUT2D eigenvalue weighted by Gasteiger charge is 2.09. The van der Waals surface area contributed by atoms with Crippen molar-refractivity contribution >= 4 is 11.6 Å². The predicted octanol–water partition coefficient (Wildman–Crippen LogP) is 4.41. The quantitative estimate of drug-likeness (QED) is 0.773. The van der Waals surface area contributed by atoms with Crippen LogP contribution < -0.4 is 10.1 Å². The normalized spacial score (nSPS) is 11.6. The topological polar surface area (TPSA) is 21.3 Å². The average Bonchev–Trinajstić information content (AvgIpc) is 2.28. The minimum absolute atomic E-state index is 0.114. The molecule has 1 rings (SSSR count). The molecule has 0 saturated heterocycles. The van der Waals surface area contributed by atoms with Crippen molar-refractivity contribution in [3.05, 3.63) is 28.8 Å². The number of hydrogen-bond donors (Lipinski definition) is 1. The molecule has 0 radical (unpaired) electrons. The maximum Gasteiger partial charge on any atom is 0.137 e. The molecule has 0 amide bonds. The summed E-state index contributed by atoms with van der Waals surface area (Å²) in [6, 6.07) is 5.99. The van der Waals surface area contributed by atoms with Crippen LogP contribution in [0.2, 0.25) is 5.02 Å². The summed E-state index contributed by atoms with van der Waals surface area (Å²) in [6.07, 6.45) is 2.19. The third-order valence-electron chi connectivity index (χ3n) is 2.57. The second-order valence-electron chi connectivity index (χ2n) is 5.57. The number of nitrogens with one attached hydrogen (secondary N) is 1. The third-order valence-corrected chi connectivity index (χ3v) is 2.87. The molecule has 3 heteroatoms. The Morgan fingerprint density at radius 1 is 1.28 bits per heavy atom. The number of unbranched alkanes of at least 4 members (excludes halogenated alkanes) is 1. The maximum atomic E-state index is 6.21. The van der Waals surface area contributed by atoms with Crippen LogP contribution in [-0.2, 0) is 6.54 Å². The van der Waals surface area contributed by atoms with E-state index in [2.05, 4.69) is 39.1 Å². The fourth-order valence-corrected chi connectivity index (χ4v) is 1.72. The summed E-state index contributed by atoms with van der Waals surface area (Å²) >= 11 is 6.21. The van der Waals surface area contributed by atoms with Gasteiger partial charge in [-0.25, -0.2) is 0 Å². The van der Waals surface area contributed by atoms with Crippen molar-refractivity contribution in [1.82, 2.24) is 5.32 Å². The van der Waals surface area contributed by atoms with Gasteiger partial charge in [0.15, 0.2) is 0 Å². The predicted molar refractivity (Wildman–Crippen MR) is 78.4 cm³/mol. The smallest absolute Gasteiger partial charge is 0.137 e. The van der Waals surface area contributed by atoms with Crippen molar-refractivity contribution in [1.29, 1.82) is 0 Å². The molecule has 0 bridgehead atoms. The first-order valence-electron chi connectivity index (χ1n) is 6.58. The Hall–Kier alpha value is -0.730. The molecule has 1 aromatic carbocycles. The summed E-state index contributed by atoms with van der Waals surface area (Å²) in [4.78, 5) is 0. The van der Waals surface area contributed by atoms with E-state index in [1.807, 2.05) is 12.1 Å². The number of hydrogen-bond acceptors (Lipinski definition) is 2. The Kier molecular flexibility index (Phi) is 5.97. The molecule has 0 aliphatic heterocycles. The summed E-state index contributed by atoms with van der Waals surface area (Å²) in [5.41, 5.74) is 1.29. The Morgan fingerprint density at radius 3 is 2.56 bits per heavy atom. The van der Waals surface area contributed by atoms with Crippen LogP contribution in [0.25, 0.3) is 0 Å². The van der Waals surface area contributed by atoms with E-state index in [4.69, 9.17) is 16.3 Å². The van der Waals surface area contributed by atoms with Gasteiger partial charge in [-0.1, -0.05) is 31.0 Å².